The lowest BCUT2D eigenvalue weighted by atomic mass is 10.1. The molecule has 2 N–H and O–H groups in total. The Kier molecular flexibility index (Phi) is 2.52. The van der Waals surface area contributed by atoms with Gasteiger partial charge in [-0.2, -0.15) is 0 Å². The van der Waals surface area contributed by atoms with Crippen LogP contribution in [0.3, 0.4) is 0 Å². The fourth-order valence-electron chi connectivity index (χ4n) is 2.04. The highest BCUT2D eigenvalue weighted by Crippen LogP contribution is 2.35. The maximum absolute atomic E-state index is 5.92. The molecule has 0 saturated carbocycles. The second-order valence-electron chi connectivity index (χ2n) is 4.18. The van der Waals surface area contributed by atoms with Crippen LogP contribution in [0.4, 0.5) is 0 Å². The molecule has 1 aromatic carbocycles. The number of rotatable bonds is 2. The number of para-hydroxylation sites is 1. The zero-order chi connectivity index (χ0) is 11.8. The van der Waals surface area contributed by atoms with Crippen molar-refractivity contribution in [2.24, 2.45) is 5.73 Å². The second-order valence-corrected chi connectivity index (χ2v) is 5.21. The largest absolute Gasteiger partial charge is 0.475 e. The van der Waals surface area contributed by atoms with E-state index in [1.54, 1.807) is 11.3 Å². The number of hydrogen-bond acceptors (Lipinski definition) is 4. The molecule has 3 nitrogen and oxygen atoms in total. The van der Waals surface area contributed by atoms with Gasteiger partial charge in [0.15, 0.2) is 5.88 Å². The topological polar surface area (TPSA) is 48.1 Å². The molecule has 0 aliphatic carbocycles. The van der Waals surface area contributed by atoms with E-state index in [1.807, 2.05) is 18.2 Å². The predicted molar refractivity (Wildman–Crippen MR) is 70.5 cm³/mol. The number of nitrogens with two attached hydrogens (primary N) is 1. The van der Waals surface area contributed by atoms with Crippen LogP contribution < -0.4 is 5.73 Å². The highest BCUT2D eigenvalue weighted by atomic mass is 32.1. The van der Waals surface area contributed by atoms with Crippen LogP contribution in [0.1, 0.15) is 24.8 Å². The Morgan fingerprint density at radius 1 is 1.47 bits per heavy atom. The molecule has 3 rings (SSSR count). The van der Waals surface area contributed by atoms with Gasteiger partial charge in [0.05, 0.1) is 15.8 Å². The first-order valence-electron chi connectivity index (χ1n) is 5.79. The third-order valence-corrected chi connectivity index (χ3v) is 4.13. The number of benzene rings is 1. The number of ether oxygens (including phenoxy) is 1. The van der Waals surface area contributed by atoms with E-state index in [4.69, 9.17) is 10.5 Å². The Labute approximate surface area is 104 Å². The highest BCUT2D eigenvalue weighted by molar-refractivity contribution is 7.19. The predicted octanol–water partition coefficient (Wildman–Crippen LogP) is 3.12. The van der Waals surface area contributed by atoms with Crippen molar-refractivity contribution in [1.29, 1.82) is 0 Å². The minimum absolute atomic E-state index is 0.219. The van der Waals surface area contributed by atoms with E-state index in [-0.39, 0.29) is 6.10 Å². The molecule has 2 aromatic rings. The van der Waals surface area contributed by atoms with Crippen molar-refractivity contribution in [2.45, 2.75) is 25.9 Å². The molecule has 2 heterocycles. The molecule has 0 radical (unpaired) electrons. The van der Waals surface area contributed by atoms with E-state index >= 15 is 0 Å². The molecule has 0 bridgehead atoms. The standard InChI is InChI=1S/C13H14N2OS/c1-2-8-7-9(12(14)16-8)13-15-10-5-3-4-6-11(10)17-13/h3-6,8H,2,7,14H2,1H3. The van der Waals surface area contributed by atoms with E-state index in [0.29, 0.717) is 5.88 Å². The zero-order valence-electron chi connectivity index (χ0n) is 9.64. The Morgan fingerprint density at radius 2 is 2.29 bits per heavy atom. The average molecular weight is 246 g/mol. The molecule has 0 amide bonds. The van der Waals surface area contributed by atoms with Gasteiger partial charge in [-0.3, -0.25) is 0 Å². The summed E-state index contributed by atoms with van der Waals surface area (Å²) in [6, 6.07) is 8.14. The first kappa shape index (κ1) is 10.6. The van der Waals surface area contributed by atoms with Crippen LogP contribution in [0.5, 0.6) is 0 Å². The summed E-state index contributed by atoms with van der Waals surface area (Å²) in [5.41, 5.74) is 8.03. The maximum Gasteiger partial charge on any atom is 0.190 e. The van der Waals surface area contributed by atoms with Crippen LogP contribution in [0.25, 0.3) is 15.8 Å². The Morgan fingerprint density at radius 3 is 3.00 bits per heavy atom. The lowest BCUT2D eigenvalue weighted by Gasteiger charge is -2.06. The lowest BCUT2D eigenvalue weighted by Crippen LogP contribution is -2.06. The van der Waals surface area contributed by atoms with Crippen molar-refractivity contribution < 1.29 is 4.74 Å². The number of hydrogen-bond donors (Lipinski definition) is 1. The molecule has 4 heteroatoms. The molecular weight excluding hydrogens is 232 g/mol. The minimum atomic E-state index is 0.219. The van der Waals surface area contributed by atoms with Gasteiger partial charge in [0.25, 0.3) is 0 Å². The van der Waals surface area contributed by atoms with Gasteiger partial charge in [0.2, 0.25) is 0 Å². The van der Waals surface area contributed by atoms with Crippen LogP contribution in [0.2, 0.25) is 0 Å². The fourth-order valence-corrected chi connectivity index (χ4v) is 3.07. The van der Waals surface area contributed by atoms with Gasteiger partial charge in [-0.1, -0.05) is 19.1 Å². The average Bonchev–Trinajstić information content (AvgIpc) is 2.91. The lowest BCUT2D eigenvalue weighted by molar-refractivity contribution is 0.138. The van der Waals surface area contributed by atoms with Crippen LogP contribution in [-0.2, 0) is 4.74 Å². The molecule has 0 saturated heterocycles. The van der Waals surface area contributed by atoms with Gasteiger partial charge in [-0.15, -0.1) is 11.3 Å². The zero-order valence-corrected chi connectivity index (χ0v) is 10.5. The van der Waals surface area contributed by atoms with Crippen molar-refractivity contribution in [3.63, 3.8) is 0 Å². The van der Waals surface area contributed by atoms with Crippen molar-refractivity contribution >= 4 is 27.1 Å². The molecule has 1 unspecified atom stereocenters. The first-order chi connectivity index (χ1) is 8.28. The summed E-state index contributed by atoms with van der Waals surface area (Å²) in [7, 11) is 0. The van der Waals surface area contributed by atoms with E-state index in [0.717, 1.165) is 28.9 Å². The second kappa shape index (κ2) is 4.04. The molecule has 1 aliphatic heterocycles. The molecule has 1 aromatic heterocycles. The van der Waals surface area contributed by atoms with E-state index in [2.05, 4.69) is 18.0 Å². The highest BCUT2D eigenvalue weighted by Gasteiger charge is 2.25. The van der Waals surface area contributed by atoms with Crippen molar-refractivity contribution in [1.82, 2.24) is 4.98 Å². The van der Waals surface area contributed by atoms with Crippen LogP contribution in [-0.4, -0.2) is 11.1 Å². The smallest absolute Gasteiger partial charge is 0.190 e. The summed E-state index contributed by atoms with van der Waals surface area (Å²) in [6.45, 7) is 2.11. The summed E-state index contributed by atoms with van der Waals surface area (Å²) >= 11 is 1.68. The molecule has 17 heavy (non-hydrogen) atoms. The van der Waals surface area contributed by atoms with E-state index < -0.39 is 0 Å². The number of thiazole rings is 1. The monoisotopic (exact) mass is 246 g/mol. The van der Waals surface area contributed by atoms with Crippen LogP contribution >= 0.6 is 11.3 Å². The normalized spacial score (nSPS) is 19.9. The number of aromatic nitrogens is 1. The Balaban J connectivity index is 2.02. The summed E-state index contributed by atoms with van der Waals surface area (Å²) in [6.07, 6.45) is 2.08. The van der Waals surface area contributed by atoms with Crippen LogP contribution in [0, 0.1) is 0 Å². The molecular formula is C13H14N2OS. The van der Waals surface area contributed by atoms with Crippen molar-refractivity contribution in [3.05, 3.63) is 35.2 Å². The number of nitrogens with zero attached hydrogens (tertiary/aromatic N) is 1. The molecule has 0 fully saturated rings. The van der Waals surface area contributed by atoms with Gasteiger partial charge in [0.1, 0.15) is 11.1 Å². The van der Waals surface area contributed by atoms with Gasteiger partial charge in [-0.25, -0.2) is 4.98 Å². The van der Waals surface area contributed by atoms with Crippen molar-refractivity contribution in [3.8, 4) is 0 Å². The molecule has 88 valence electrons. The van der Waals surface area contributed by atoms with Crippen molar-refractivity contribution in [2.75, 3.05) is 0 Å². The molecule has 0 spiro atoms. The minimum Gasteiger partial charge on any atom is -0.475 e. The fraction of sp³-hybridized carbons (Fsp3) is 0.308. The summed E-state index contributed by atoms with van der Waals surface area (Å²) in [4.78, 5) is 4.61. The van der Waals surface area contributed by atoms with Gasteiger partial charge in [-0.05, 0) is 18.6 Å². The van der Waals surface area contributed by atoms with Gasteiger partial charge >= 0.3 is 0 Å². The first-order valence-corrected chi connectivity index (χ1v) is 6.60. The summed E-state index contributed by atoms with van der Waals surface area (Å²) < 4.78 is 6.79. The van der Waals surface area contributed by atoms with Gasteiger partial charge in [0, 0.05) is 6.42 Å². The SMILES string of the molecule is CCC1CC(c2nc3ccccc3s2)=C(N)O1. The maximum atomic E-state index is 5.92. The van der Waals surface area contributed by atoms with E-state index in [9.17, 15) is 0 Å². The molecule has 1 aliphatic rings. The summed E-state index contributed by atoms with van der Waals surface area (Å²) in [5.74, 6) is 0.552. The van der Waals surface area contributed by atoms with Crippen LogP contribution in [0.15, 0.2) is 30.1 Å². The quantitative estimate of drug-likeness (QED) is 0.885. The van der Waals surface area contributed by atoms with E-state index in [1.165, 1.54) is 4.70 Å². The third kappa shape index (κ3) is 1.78. The summed E-state index contributed by atoms with van der Waals surface area (Å²) in [5, 5.41) is 1.000. The number of fused-ring (bicyclic) bond motifs is 1. The van der Waals surface area contributed by atoms with Gasteiger partial charge < -0.3 is 10.5 Å². The Hall–Kier alpha value is -1.55. The molecule has 1 atom stereocenters. The third-order valence-electron chi connectivity index (χ3n) is 3.03. The Bertz CT molecular complexity index is 555.